The molecule has 1 saturated heterocycles. The maximum Gasteiger partial charge on any atom is 0.326 e. The molecule has 5 heteroatoms. The molecule has 1 fully saturated rings. The van der Waals surface area contributed by atoms with Crippen LogP contribution in [0.2, 0.25) is 0 Å². The van der Waals surface area contributed by atoms with Gasteiger partial charge in [-0.05, 0) is 40.5 Å². The molecule has 1 aliphatic rings. The molecule has 5 nitrogen and oxygen atoms in total. The molecular formula is C12H22N2O3. The van der Waals surface area contributed by atoms with E-state index in [1.54, 1.807) is 27.7 Å². The van der Waals surface area contributed by atoms with E-state index in [2.05, 4.69) is 0 Å². The average Bonchev–Trinajstić information content (AvgIpc) is 2.62. The molecule has 0 aromatic heterocycles. The summed E-state index contributed by atoms with van der Waals surface area (Å²) in [6.07, 6.45) is 1.27. The van der Waals surface area contributed by atoms with Gasteiger partial charge in [-0.2, -0.15) is 0 Å². The second-order valence-electron chi connectivity index (χ2n) is 5.84. The van der Waals surface area contributed by atoms with E-state index in [1.165, 1.54) is 4.90 Å². The number of carbonyl (C=O) groups is 2. The molecule has 1 atom stereocenters. The fourth-order valence-corrected chi connectivity index (χ4v) is 1.90. The molecule has 1 unspecified atom stereocenters. The summed E-state index contributed by atoms with van der Waals surface area (Å²) in [4.78, 5) is 24.9. The summed E-state index contributed by atoms with van der Waals surface area (Å²) in [7, 11) is 0. The minimum absolute atomic E-state index is 0.171. The van der Waals surface area contributed by atoms with Gasteiger partial charge in [0.05, 0.1) is 5.41 Å². The van der Waals surface area contributed by atoms with Crippen LogP contribution in [0.5, 0.6) is 0 Å². The van der Waals surface area contributed by atoms with Crippen LogP contribution in [-0.4, -0.2) is 40.0 Å². The van der Waals surface area contributed by atoms with Crippen LogP contribution in [0.25, 0.3) is 0 Å². The molecule has 0 aromatic rings. The zero-order valence-corrected chi connectivity index (χ0v) is 11.0. The van der Waals surface area contributed by atoms with E-state index in [1.807, 2.05) is 0 Å². The lowest BCUT2D eigenvalue weighted by atomic mass is 9.74. The van der Waals surface area contributed by atoms with Crippen molar-refractivity contribution in [1.82, 2.24) is 4.90 Å². The highest BCUT2D eigenvalue weighted by Crippen LogP contribution is 2.33. The molecule has 3 N–H and O–H groups in total. The Labute approximate surface area is 102 Å². The Kier molecular flexibility index (Phi) is 3.52. The van der Waals surface area contributed by atoms with Crippen molar-refractivity contribution in [2.45, 2.75) is 52.1 Å². The first-order valence-electron chi connectivity index (χ1n) is 5.92. The van der Waals surface area contributed by atoms with Crippen LogP contribution in [0.1, 0.15) is 40.5 Å². The summed E-state index contributed by atoms with van der Waals surface area (Å²) in [6, 6.07) is -0.691. The number of rotatable bonds is 3. The van der Waals surface area contributed by atoms with Gasteiger partial charge in [0, 0.05) is 12.1 Å². The number of nitrogens with two attached hydrogens (primary N) is 1. The van der Waals surface area contributed by atoms with Gasteiger partial charge in [0.2, 0.25) is 5.91 Å². The first-order valence-corrected chi connectivity index (χ1v) is 5.92. The van der Waals surface area contributed by atoms with Gasteiger partial charge >= 0.3 is 5.97 Å². The smallest absolute Gasteiger partial charge is 0.326 e. The van der Waals surface area contributed by atoms with Gasteiger partial charge < -0.3 is 15.7 Å². The highest BCUT2D eigenvalue weighted by molar-refractivity contribution is 5.88. The molecule has 17 heavy (non-hydrogen) atoms. The van der Waals surface area contributed by atoms with Gasteiger partial charge in [-0.1, -0.05) is 0 Å². The molecule has 0 aromatic carbocycles. The number of hydrogen-bond acceptors (Lipinski definition) is 3. The molecule has 0 aliphatic carbocycles. The number of aliphatic carboxylic acids is 1. The van der Waals surface area contributed by atoms with E-state index in [-0.39, 0.29) is 5.91 Å². The van der Waals surface area contributed by atoms with Gasteiger partial charge in [-0.15, -0.1) is 0 Å². The van der Waals surface area contributed by atoms with Crippen molar-refractivity contribution < 1.29 is 14.7 Å². The van der Waals surface area contributed by atoms with Crippen molar-refractivity contribution in [1.29, 1.82) is 0 Å². The molecule has 0 radical (unpaired) electrons. The second-order valence-corrected chi connectivity index (χ2v) is 5.84. The van der Waals surface area contributed by atoms with Crippen LogP contribution in [0.4, 0.5) is 0 Å². The van der Waals surface area contributed by atoms with Crippen LogP contribution in [0.3, 0.4) is 0 Å². The van der Waals surface area contributed by atoms with Crippen LogP contribution < -0.4 is 5.73 Å². The number of carboxylic acid groups (broad SMARTS) is 1. The number of nitrogens with zero attached hydrogens (tertiary/aromatic N) is 1. The summed E-state index contributed by atoms with van der Waals surface area (Å²) in [5, 5.41) is 9.08. The first-order chi connectivity index (χ1) is 7.59. The van der Waals surface area contributed by atoms with E-state index in [0.717, 1.165) is 6.42 Å². The van der Waals surface area contributed by atoms with E-state index in [9.17, 15) is 9.59 Å². The maximum atomic E-state index is 12.4. The lowest BCUT2D eigenvalue weighted by Crippen LogP contribution is -2.58. The first kappa shape index (κ1) is 14.0. The fraction of sp³-hybridized carbons (Fsp3) is 0.833. The fourth-order valence-electron chi connectivity index (χ4n) is 1.90. The van der Waals surface area contributed by atoms with E-state index in [4.69, 9.17) is 10.8 Å². The molecule has 1 rings (SSSR count). The third kappa shape index (κ3) is 2.44. The topological polar surface area (TPSA) is 83.6 Å². The highest BCUT2D eigenvalue weighted by Gasteiger charge is 2.46. The van der Waals surface area contributed by atoms with Gasteiger partial charge in [0.25, 0.3) is 0 Å². The van der Waals surface area contributed by atoms with Crippen molar-refractivity contribution in [2.75, 3.05) is 6.54 Å². The quantitative estimate of drug-likeness (QED) is 0.767. The largest absolute Gasteiger partial charge is 0.480 e. The molecule has 0 saturated carbocycles. The SMILES string of the molecule is CC(C)(N)C(C)(C)C(=O)N1CCCC1C(=O)O. The Morgan fingerprint density at radius 2 is 1.82 bits per heavy atom. The predicted octanol–water partition coefficient (Wildman–Crippen LogP) is 0.825. The number of carbonyl (C=O) groups excluding carboxylic acids is 1. The van der Waals surface area contributed by atoms with Crippen molar-refractivity contribution in [3.63, 3.8) is 0 Å². The Bertz CT molecular complexity index is 331. The highest BCUT2D eigenvalue weighted by atomic mass is 16.4. The Morgan fingerprint density at radius 3 is 2.24 bits per heavy atom. The second kappa shape index (κ2) is 4.29. The van der Waals surface area contributed by atoms with E-state index in [0.29, 0.717) is 13.0 Å². The molecule has 0 spiro atoms. The minimum Gasteiger partial charge on any atom is -0.480 e. The molecular weight excluding hydrogens is 220 g/mol. The van der Waals surface area contributed by atoms with Gasteiger partial charge in [-0.25, -0.2) is 4.79 Å². The molecule has 98 valence electrons. The van der Waals surface area contributed by atoms with Gasteiger partial charge in [-0.3, -0.25) is 4.79 Å². The van der Waals surface area contributed by atoms with Crippen molar-refractivity contribution in [3.8, 4) is 0 Å². The number of likely N-dealkylation sites (tertiary alicyclic amines) is 1. The van der Waals surface area contributed by atoms with E-state index >= 15 is 0 Å². The van der Waals surface area contributed by atoms with Crippen LogP contribution >= 0.6 is 0 Å². The predicted molar refractivity (Wildman–Crippen MR) is 64.4 cm³/mol. The van der Waals surface area contributed by atoms with Gasteiger partial charge in [0.1, 0.15) is 6.04 Å². The van der Waals surface area contributed by atoms with Crippen LogP contribution in [0.15, 0.2) is 0 Å². The summed E-state index contributed by atoms with van der Waals surface area (Å²) in [5.41, 5.74) is 4.55. The molecule has 1 aliphatic heterocycles. The van der Waals surface area contributed by atoms with Crippen LogP contribution in [0, 0.1) is 5.41 Å². The normalized spacial score (nSPS) is 21.7. The third-order valence-corrected chi connectivity index (χ3v) is 3.94. The number of amides is 1. The zero-order chi connectivity index (χ0) is 13.4. The average molecular weight is 242 g/mol. The summed E-state index contributed by atoms with van der Waals surface area (Å²) >= 11 is 0. The number of hydrogen-bond donors (Lipinski definition) is 2. The lowest BCUT2D eigenvalue weighted by Gasteiger charge is -2.40. The summed E-state index contributed by atoms with van der Waals surface area (Å²) in [6.45, 7) is 7.63. The monoisotopic (exact) mass is 242 g/mol. The Balaban J connectivity index is 2.94. The standard InChI is InChI=1S/C12H22N2O3/c1-11(2,12(3,4)13)10(17)14-7-5-6-8(14)9(15)16/h8H,5-7,13H2,1-4H3,(H,15,16). The maximum absolute atomic E-state index is 12.4. The Morgan fingerprint density at radius 1 is 1.29 bits per heavy atom. The van der Waals surface area contributed by atoms with Crippen molar-refractivity contribution >= 4 is 11.9 Å². The summed E-state index contributed by atoms with van der Waals surface area (Å²) in [5.74, 6) is -1.10. The zero-order valence-electron chi connectivity index (χ0n) is 11.0. The Hall–Kier alpha value is -1.10. The third-order valence-electron chi connectivity index (χ3n) is 3.94. The van der Waals surface area contributed by atoms with E-state index < -0.39 is 23.0 Å². The molecule has 0 bridgehead atoms. The summed E-state index contributed by atoms with van der Waals surface area (Å²) < 4.78 is 0. The minimum atomic E-state index is -0.929. The molecule has 1 amide bonds. The lowest BCUT2D eigenvalue weighted by molar-refractivity contribution is -0.154. The van der Waals surface area contributed by atoms with Crippen LogP contribution in [-0.2, 0) is 9.59 Å². The van der Waals surface area contributed by atoms with Crippen molar-refractivity contribution in [3.05, 3.63) is 0 Å². The molecule has 1 heterocycles. The van der Waals surface area contributed by atoms with Crippen molar-refractivity contribution in [2.24, 2.45) is 11.1 Å². The van der Waals surface area contributed by atoms with Gasteiger partial charge in [0.15, 0.2) is 0 Å². The number of carboxylic acids is 1.